The molecule has 3 aromatic rings. The maximum Gasteiger partial charge on any atom is 0.309 e. The van der Waals surface area contributed by atoms with E-state index in [1.807, 2.05) is 30.3 Å². The molecule has 0 bridgehead atoms. The summed E-state index contributed by atoms with van der Waals surface area (Å²) in [5.74, 6) is -0.0597. The highest BCUT2D eigenvalue weighted by molar-refractivity contribution is 7.91. The molecule has 0 saturated carbocycles. The molecule has 1 fully saturated rings. The third-order valence-corrected chi connectivity index (χ3v) is 8.91. The van der Waals surface area contributed by atoms with E-state index in [1.165, 1.54) is 22.6 Å². The normalized spacial score (nSPS) is 15.8. The third kappa shape index (κ3) is 6.27. The van der Waals surface area contributed by atoms with Gasteiger partial charge in [-0.25, -0.2) is 8.42 Å². The monoisotopic (exact) mass is 514 g/mol. The summed E-state index contributed by atoms with van der Waals surface area (Å²) in [6.07, 6.45) is -0.294. The van der Waals surface area contributed by atoms with Gasteiger partial charge >= 0.3 is 5.97 Å². The predicted octanol–water partition coefficient (Wildman–Crippen LogP) is 4.51. The minimum absolute atomic E-state index is 0.234. The molecule has 35 heavy (non-hydrogen) atoms. The Morgan fingerprint density at radius 2 is 1.63 bits per heavy atom. The minimum Gasteiger partial charge on any atom is -0.457 e. The largest absolute Gasteiger partial charge is 0.457 e. The van der Waals surface area contributed by atoms with Crippen LogP contribution in [0.15, 0.2) is 76.3 Å². The van der Waals surface area contributed by atoms with E-state index in [9.17, 15) is 18.0 Å². The molecule has 184 valence electrons. The minimum atomic E-state index is -3.53. The lowest BCUT2D eigenvalue weighted by molar-refractivity contribution is -0.158. The molecule has 1 aliphatic heterocycles. The van der Waals surface area contributed by atoms with Crippen molar-refractivity contribution >= 4 is 38.9 Å². The number of amides is 1. The SMILES string of the molecule is CC(OC(=O)C1CCN(S(=O)(=O)c2cccs2)CC1)C(=O)Nc1ccc(Oc2ccccc2)cc1. The number of para-hydroxylation sites is 1. The van der Waals surface area contributed by atoms with Crippen molar-refractivity contribution in [3.05, 3.63) is 72.1 Å². The van der Waals surface area contributed by atoms with Gasteiger partial charge in [-0.1, -0.05) is 24.3 Å². The zero-order chi connectivity index (χ0) is 24.8. The van der Waals surface area contributed by atoms with Gasteiger partial charge in [0.2, 0.25) is 0 Å². The average molecular weight is 515 g/mol. The second kappa shape index (κ2) is 11.0. The van der Waals surface area contributed by atoms with Gasteiger partial charge in [-0.15, -0.1) is 11.3 Å². The summed E-state index contributed by atoms with van der Waals surface area (Å²) in [4.78, 5) is 25.1. The van der Waals surface area contributed by atoms with Gasteiger partial charge in [-0.2, -0.15) is 4.31 Å². The third-order valence-electron chi connectivity index (χ3n) is 5.64. The number of benzene rings is 2. The predicted molar refractivity (Wildman–Crippen MR) is 133 cm³/mol. The van der Waals surface area contributed by atoms with Crippen molar-refractivity contribution in [2.45, 2.75) is 30.1 Å². The maximum absolute atomic E-state index is 12.6. The van der Waals surface area contributed by atoms with Crippen LogP contribution in [-0.4, -0.2) is 43.8 Å². The number of esters is 1. The van der Waals surface area contributed by atoms with Crippen LogP contribution in [0.5, 0.6) is 11.5 Å². The smallest absolute Gasteiger partial charge is 0.309 e. The summed E-state index contributed by atoms with van der Waals surface area (Å²) in [5, 5.41) is 4.44. The second-order valence-electron chi connectivity index (χ2n) is 8.12. The number of carbonyl (C=O) groups excluding carboxylic acids is 2. The van der Waals surface area contributed by atoms with Gasteiger partial charge in [0.05, 0.1) is 5.92 Å². The van der Waals surface area contributed by atoms with Crippen molar-refractivity contribution in [3.63, 3.8) is 0 Å². The van der Waals surface area contributed by atoms with Crippen molar-refractivity contribution in [1.29, 1.82) is 0 Å². The van der Waals surface area contributed by atoms with Crippen molar-refractivity contribution in [2.75, 3.05) is 18.4 Å². The Bertz CT molecular complexity index is 1240. The molecule has 1 aliphatic rings. The number of ether oxygens (including phenoxy) is 2. The van der Waals surface area contributed by atoms with E-state index in [4.69, 9.17) is 9.47 Å². The van der Waals surface area contributed by atoms with Gasteiger partial charge in [-0.3, -0.25) is 9.59 Å². The van der Waals surface area contributed by atoms with E-state index in [-0.39, 0.29) is 13.1 Å². The van der Waals surface area contributed by atoms with Crippen LogP contribution in [-0.2, 0) is 24.3 Å². The van der Waals surface area contributed by atoms with Gasteiger partial charge in [-0.05, 0) is 67.6 Å². The maximum atomic E-state index is 12.6. The molecule has 2 heterocycles. The number of piperidine rings is 1. The fourth-order valence-corrected chi connectivity index (χ4v) is 6.28. The number of nitrogens with one attached hydrogen (secondary N) is 1. The van der Waals surface area contributed by atoms with E-state index in [2.05, 4.69) is 5.32 Å². The number of sulfonamides is 1. The summed E-state index contributed by atoms with van der Waals surface area (Å²) in [6.45, 7) is 1.98. The number of nitrogens with zero attached hydrogens (tertiary/aromatic N) is 1. The molecule has 2 aromatic carbocycles. The van der Waals surface area contributed by atoms with Gasteiger partial charge < -0.3 is 14.8 Å². The lowest BCUT2D eigenvalue weighted by Gasteiger charge is -2.30. The van der Waals surface area contributed by atoms with Crippen LogP contribution in [0.1, 0.15) is 19.8 Å². The van der Waals surface area contributed by atoms with Crippen LogP contribution < -0.4 is 10.1 Å². The summed E-state index contributed by atoms with van der Waals surface area (Å²) in [7, 11) is -3.53. The van der Waals surface area contributed by atoms with Gasteiger partial charge in [0.1, 0.15) is 15.7 Å². The summed E-state index contributed by atoms with van der Waals surface area (Å²) >= 11 is 1.17. The number of rotatable bonds is 8. The van der Waals surface area contributed by atoms with Crippen molar-refractivity contribution in [3.8, 4) is 11.5 Å². The standard InChI is InChI=1S/C25H26N2O6S2/c1-18(24(28)26-20-9-11-22(12-10-20)33-21-6-3-2-4-7-21)32-25(29)19-13-15-27(16-14-19)35(30,31)23-8-5-17-34-23/h2-12,17-19H,13-16H2,1H3,(H,26,28). The number of hydrogen-bond donors (Lipinski definition) is 1. The molecule has 1 saturated heterocycles. The zero-order valence-electron chi connectivity index (χ0n) is 19.1. The van der Waals surface area contributed by atoms with Crippen LogP contribution in [0.25, 0.3) is 0 Å². The number of hydrogen-bond acceptors (Lipinski definition) is 7. The van der Waals surface area contributed by atoms with E-state index in [0.29, 0.717) is 34.2 Å². The Morgan fingerprint density at radius 1 is 0.971 bits per heavy atom. The zero-order valence-corrected chi connectivity index (χ0v) is 20.8. The molecule has 1 aromatic heterocycles. The van der Waals surface area contributed by atoms with E-state index >= 15 is 0 Å². The van der Waals surface area contributed by atoms with Crippen molar-refractivity contribution in [2.24, 2.45) is 5.92 Å². The van der Waals surface area contributed by atoms with Crippen LogP contribution in [0, 0.1) is 5.92 Å². The van der Waals surface area contributed by atoms with Gasteiger partial charge in [0, 0.05) is 18.8 Å². The van der Waals surface area contributed by atoms with Gasteiger partial charge in [0.25, 0.3) is 15.9 Å². The lowest BCUT2D eigenvalue weighted by Crippen LogP contribution is -2.41. The summed E-state index contributed by atoms with van der Waals surface area (Å²) in [6, 6.07) is 19.5. The quantitative estimate of drug-likeness (QED) is 0.444. The van der Waals surface area contributed by atoms with Crippen molar-refractivity contribution in [1.82, 2.24) is 4.31 Å². The van der Waals surface area contributed by atoms with Crippen LogP contribution >= 0.6 is 11.3 Å². The van der Waals surface area contributed by atoms with E-state index in [0.717, 1.165) is 0 Å². The highest BCUT2D eigenvalue weighted by Crippen LogP contribution is 2.27. The Morgan fingerprint density at radius 3 is 2.26 bits per heavy atom. The molecular formula is C25H26N2O6S2. The first-order valence-corrected chi connectivity index (χ1v) is 13.5. The summed E-state index contributed by atoms with van der Waals surface area (Å²) in [5.41, 5.74) is 0.547. The molecule has 1 amide bonds. The topological polar surface area (TPSA) is 102 Å². The molecule has 4 rings (SSSR count). The average Bonchev–Trinajstić information content (AvgIpc) is 3.42. The fourth-order valence-electron chi connectivity index (χ4n) is 3.67. The molecule has 1 N–H and O–H groups in total. The molecule has 1 atom stereocenters. The second-order valence-corrected chi connectivity index (χ2v) is 11.2. The Balaban J connectivity index is 1.24. The van der Waals surface area contributed by atoms with Crippen LogP contribution in [0.3, 0.4) is 0 Å². The molecule has 10 heteroatoms. The fraction of sp³-hybridized carbons (Fsp3) is 0.280. The van der Waals surface area contributed by atoms with Crippen LogP contribution in [0.2, 0.25) is 0 Å². The summed E-state index contributed by atoms with van der Waals surface area (Å²) < 4.78 is 38.1. The highest BCUT2D eigenvalue weighted by Gasteiger charge is 2.34. The number of carbonyl (C=O) groups is 2. The molecule has 0 spiro atoms. The Hall–Kier alpha value is -3.21. The molecular weight excluding hydrogens is 488 g/mol. The first-order valence-electron chi connectivity index (χ1n) is 11.2. The lowest BCUT2D eigenvalue weighted by atomic mass is 9.98. The van der Waals surface area contributed by atoms with Crippen molar-refractivity contribution < 1.29 is 27.5 Å². The number of anilines is 1. The first kappa shape index (κ1) is 24.9. The van der Waals surface area contributed by atoms with E-state index < -0.39 is 33.9 Å². The van der Waals surface area contributed by atoms with E-state index in [1.54, 1.807) is 41.8 Å². The Labute approximate surface area is 208 Å². The number of thiophene rings is 1. The molecule has 0 aliphatic carbocycles. The molecule has 0 radical (unpaired) electrons. The Kier molecular flexibility index (Phi) is 7.84. The molecule has 8 nitrogen and oxygen atoms in total. The van der Waals surface area contributed by atoms with Crippen LogP contribution in [0.4, 0.5) is 5.69 Å². The first-order chi connectivity index (χ1) is 16.8. The van der Waals surface area contributed by atoms with Gasteiger partial charge in [0.15, 0.2) is 6.10 Å². The molecule has 1 unspecified atom stereocenters. The highest BCUT2D eigenvalue weighted by atomic mass is 32.2.